The van der Waals surface area contributed by atoms with Gasteiger partial charge in [-0.15, -0.1) is 0 Å². The van der Waals surface area contributed by atoms with E-state index < -0.39 is 0 Å². The molecule has 0 aliphatic heterocycles. The van der Waals surface area contributed by atoms with Crippen molar-refractivity contribution < 1.29 is 0 Å². The van der Waals surface area contributed by atoms with E-state index in [9.17, 15) is 0 Å². The number of aryl methyl sites for hydroxylation is 4. The molecule has 0 unspecified atom stereocenters. The minimum Gasteiger partial charge on any atom is -0.328 e. The first-order valence-electron chi connectivity index (χ1n) is 5.57. The van der Waals surface area contributed by atoms with Crippen molar-refractivity contribution in [2.45, 2.75) is 40.7 Å². The Kier molecular flexibility index (Phi) is 2.51. The Morgan fingerprint density at radius 2 is 1.80 bits per heavy atom. The zero-order valence-corrected chi connectivity index (χ0v) is 9.96. The Bertz CT molecular complexity index is 495. The summed E-state index contributed by atoms with van der Waals surface area (Å²) in [6.45, 7) is 9.65. The molecule has 2 nitrogen and oxygen atoms in total. The number of nitrogens with zero attached hydrogens (tertiary/aromatic N) is 2. The van der Waals surface area contributed by atoms with Crippen molar-refractivity contribution in [3.8, 4) is 0 Å². The molecule has 0 saturated carbocycles. The van der Waals surface area contributed by atoms with Gasteiger partial charge in [0, 0.05) is 6.54 Å². The highest BCUT2D eigenvalue weighted by Gasteiger charge is 2.07. The summed E-state index contributed by atoms with van der Waals surface area (Å²) < 4.78 is 2.31. The molecule has 1 aromatic carbocycles. The Morgan fingerprint density at radius 1 is 1.13 bits per heavy atom. The van der Waals surface area contributed by atoms with E-state index in [0.29, 0.717) is 0 Å². The van der Waals surface area contributed by atoms with Crippen LogP contribution in [0.2, 0.25) is 0 Å². The third-order valence-corrected chi connectivity index (χ3v) is 3.00. The maximum atomic E-state index is 4.60. The fourth-order valence-corrected chi connectivity index (χ4v) is 2.01. The zero-order chi connectivity index (χ0) is 11.0. The summed E-state index contributed by atoms with van der Waals surface area (Å²) >= 11 is 0. The summed E-state index contributed by atoms with van der Waals surface area (Å²) in [5.74, 6) is 1.12. The quantitative estimate of drug-likeness (QED) is 0.730. The molecule has 80 valence electrons. The molecule has 1 heterocycles. The van der Waals surface area contributed by atoms with Crippen LogP contribution in [0.1, 0.15) is 30.3 Å². The molecule has 2 rings (SSSR count). The van der Waals surface area contributed by atoms with Gasteiger partial charge >= 0.3 is 0 Å². The lowest BCUT2D eigenvalue weighted by atomic mass is 10.1. The summed E-state index contributed by atoms with van der Waals surface area (Å²) in [5.41, 5.74) is 5.07. The van der Waals surface area contributed by atoms with Gasteiger partial charge in [0.15, 0.2) is 0 Å². The largest absolute Gasteiger partial charge is 0.328 e. The summed E-state index contributed by atoms with van der Waals surface area (Å²) in [5, 5.41) is 0. The van der Waals surface area contributed by atoms with Crippen LogP contribution in [-0.4, -0.2) is 9.55 Å². The van der Waals surface area contributed by atoms with Gasteiger partial charge in [-0.3, -0.25) is 0 Å². The highest BCUT2D eigenvalue weighted by Crippen LogP contribution is 2.20. The number of aromatic nitrogens is 2. The van der Waals surface area contributed by atoms with E-state index in [1.54, 1.807) is 0 Å². The van der Waals surface area contributed by atoms with Crippen LogP contribution in [0, 0.1) is 20.8 Å². The SMILES string of the molecule is CCCn1c(C)nc2cc(C)c(C)cc21. The van der Waals surface area contributed by atoms with Gasteiger partial charge < -0.3 is 4.57 Å². The van der Waals surface area contributed by atoms with E-state index in [4.69, 9.17) is 0 Å². The molecule has 2 aromatic rings. The van der Waals surface area contributed by atoms with Crippen LogP contribution in [0.5, 0.6) is 0 Å². The minimum atomic E-state index is 1.06. The second-order valence-corrected chi connectivity index (χ2v) is 4.24. The van der Waals surface area contributed by atoms with Crippen LogP contribution in [0.3, 0.4) is 0 Å². The smallest absolute Gasteiger partial charge is 0.106 e. The van der Waals surface area contributed by atoms with Gasteiger partial charge in [-0.2, -0.15) is 0 Å². The standard InChI is InChI=1S/C13H18N2/c1-5-6-15-11(4)14-12-7-9(2)10(3)8-13(12)15/h7-8H,5-6H2,1-4H3. The summed E-state index contributed by atoms with van der Waals surface area (Å²) in [4.78, 5) is 4.60. The molecule has 1 aromatic heterocycles. The monoisotopic (exact) mass is 202 g/mol. The van der Waals surface area contributed by atoms with Gasteiger partial charge in [0.2, 0.25) is 0 Å². The van der Waals surface area contributed by atoms with Crippen molar-refractivity contribution in [1.29, 1.82) is 0 Å². The molecule has 0 N–H and O–H groups in total. The van der Waals surface area contributed by atoms with Crippen LogP contribution in [0.4, 0.5) is 0 Å². The molecule has 0 aliphatic rings. The van der Waals surface area contributed by atoms with E-state index in [2.05, 4.69) is 49.4 Å². The Balaban J connectivity index is 2.70. The maximum Gasteiger partial charge on any atom is 0.106 e. The molecule has 0 amide bonds. The second-order valence-electron chi connectivity index (χ2n) is 4.24. The molecule has 15 heavy (non-hydrogen) atoms. The lowest BCUT2D eigenvalue weighted by molar-refractivity contribution is 0.676. The molecule has 2 heteroatoms. The number of hydrogen-bond acceptors (Lipinski definition) is 1. The number of rotatable bonds is 2. The van der Waals surface area contributed by atoms with E-state index in [-0.39, 0.29) is 0 Å². The van der Waals surface area contributed by atoms with Crippen molar-refractivity contribution in [2.75, 3.05) is 0 Å². The molecule has 0 atom stereocenters. The van der Waals surface area contributed by atoms with Crippen LogP contribution >= 0.6 is 0 Å². The minimum absolute atomic E-state index is 1.06. The normalized spacial score (nSPS) is 11.2. The molecule has 0 aliphatic carbocycles. The average Bonchev–Trinajstić information content (AvgIpc) is 2.46. The lowest BCUT2D eigenvalue weighted by Crippen LogP contribution is -1.99. The topological polar surface area (TPSA) is 17.8 Å². The number of benzene rings is 1. The average molecular weight is 202 g/mol. The fourth-order valence-electron chi connectivity index (χ4n) is 2.01. The van der Waals surface area contributed by atoms with E-state index in [1.807, 2.05) is 0 Å². The van der Waals surface area contributed by atoms with Gasteiger partial charge in [0.25, 0.3) is 0 Å². The third-order valence-electron chi connectivity index (χ3n) is 3.00. The van der Waals surface area contributed by atoms with Gasteiger partial charge in [-0.25, -0.2) is 4.98 Å². The first-order valence-corrected chi connectivity index (χ1v) is 5.57. The van der Waals surface area contributed by atoms with Crippen molar-refractivity contribution in [2.24, 2.45) is 0 Å². The predicted molar refractivity (Wildman–Crippen MR) is 64.2 cm³/mol. The first-order chi connectivity index (χ1) is 7.13. The molecule has 0 saturated heterocycles. The zero-order valence-electron chi connectivity index (χ0n) is 9.96. The summed E-state index contributed by atoms with van der Waals surface area (Å²) in [6.07, 6.45) is 1.15. The molecular weight excluding hydrogens is 184 g/mol. The van der Waals surface area contributed by atoms with Crippen LogP contribution < -0.4 is 0 Å². The van der Waals surface area contributed by atoms with Crippen molar-refractivity contribution >= 4 is 11.0 Å². The van der Waals surface area contributed by atoms with Gasteiger partial charge in [-0.05, 0) is 50.5 Å². The van der Waals surface area contributed by atoms with Crippen LogP contribution in [-0.2, 0) is 6.54 Å². The van der Waals surface area contributed by atoms with Crippen LogP contribution in [0.15, 0.2) is 12.1 Å². The number of imidazole rings is 1. The second kappa shape index (κ2) is 3.69. The first kappa shape index (κ1) is 10.2. The Hall–Kier alpha value is -1.31. The van der Waals surface area contributed by atoms with Gasteiger partial charge in [-0.1, -0.05) is 6.92 Å². The van der Waals surface area contributed by atoms with Crippen molar-refractivity contribution in [1.82, 2.24) is 9.55 Å². The van der Waals surface area contributed by atoms with Gasteiger partial charge in [0.1, 0.15) is 5.82 Å². The number of fused-ring (bicyclic) bond motifs is 1. The molecular formula is C13H18N2. The third kappa shape index (κ3) is 1.65. The van der Waals surface area contributed by atoms with Crippen LogP contribution in [0.25, 0.3) is 11.0 Å². The highest BCUT2D eigenvalue weighted by atomic mass is 15.1. The summed E-state index contributed by atoms with van der Waals surface area (Å²) in [6, 6.07) is 4.43. The molecule has 0 spiro atoms. The van der Waals surface area contributed by atoms with E-state index in [1.165, 1.54) is 16.6 Å². The predicted octanol–water partition coefficient (Wildman–Crippen LogP) is 3.37. The Morgan fingerprint density at radius 3 is 2.47 bits per heavy atom. The Labute approximate surface area is 90.9 Å². The highest BCUT2D eigenvalue weighted by molar-refractivity contribution is 5.78. The maximum absolute atomic E-state index is 4.60. The molecule has 0 fully saturated rings. The number of hydrogen-bond donors (Lipinski definition) is 0. The molecule has 0 radical (unpaired) electrons. The van der Waals surface area contributed by atoms with E-state index in [0.717, 1.165) is 24.3 Å². The fraction of sp³-hybridized carbons (Fsp3) is 0.462. The van der Waals surface area contributed by atoms with Crippen molar-refractivity contribution in [3.63, 3.8) is 0 Å². The lowest BCUT2D eigenvalue weighted by Gasteiger charge is -2.05. The van der Waals surface area contributed by atoms with Crippen molar-refractivity contribution in [3.05, 3.63) is 29.1 Å². The summed E-state index contributed by atoms with van der Waals surface area (Å²) in [7, 11) is 0. The van der Waals surface area contributed by atoms with Gasteiger partial charge in [0.05, 0.1) is 11.0 Å². The molecule has 0 bridgehead atoms. The van der Waals surface area contributed by atoms with E-state index >= 15 is 0 Å².